The number of rotatable bonds is 6. The molecule has 2 fully saturated rings. The molecule has 1 saturated carbocycles. The second-order valence-corrected chi connectivity index (χ2v) is 8.79. The number of methoxy groups -OCH3 is 2. The lowest BCUT2D eigenvalue weighted by Gasteiger charge is -2.50. The van der Waals surface area contributed by atoms with Gasteiger partial charge in [-0.2, -0.15) is 0 Å². The Hall–Kier alpha value is -2.57. The Kier molecular flexibility index (Phi) is 6.49. The normalized spacial score (nSPS) is 27.8. The Balaban J connectivity index is 1.57. The second kappa shape index (κ2) is 9.28. The number of fused-ring (bicyclic) bond motifs is 1. The standard InChI is InChI=1S/C25H32N2O4/c1-30-19-12-10-18(11-13-19)26-23(28)17-27-16-15-25(29)14-6-5-8-21(25)24(27)20-7-3-4-9-22(20)31-2/h3-4,7,9-13,21,24,29H,5-6,8,14-17H2,1-2H3,(H,26,28)/p+1/t21-,24+,25+/m1/s1. The molecule has 2 aromatic rings. The van der Waals surface area contributed by atoms with Crippen molar-refractivity contribution in [3.8, 4) is 11.5 Å². The fourth-order valence-corrected chi connectivity index (χ4v) is 5.50. The molecule has 166 valence electrons. The van der Waals surface area contributed by atoms with Crippen molar-refractivity contribution in [1.82, 2.24) is 0 Å². The van der Waals surface area contributed by atoms with E-state index in [1.54, 1.807) is 14.2 Å². The van der Waals surface area contributed by atoms with Gasteiger partial charge in [-0.1, -0.05) is 25.0 Å². The van der Waals surface area contributed by atoms with E-state index in [-0.39, 0.29) is 17.9 Å². The summed E-state index contributed by atoms with van der Waals surface area (Å²) in [6.07, 6.45) is 4.73. The molecule has 4 atom stereocenters. The van der Waals surface area contributed by atoms with Crippen molar-refractivity contribution in [2.75, 3.05) is 32.6 Å². The molecule has 0 spiro atoms. The number of nitrogens with one attached hydrogen (secondary N) is 2. The Morgan fingerprint density at radius 2 is 1.87 bits per heavy atom. The van der Waals surface area contributed by atoms with Crippen LogP contribution in [0.15, 0.2) is 48.5 Å². The van der Waals surface area contributed by atoms with Crippen LogP contribution in [0, 0.1) is 5.92 Å². The van der Waals surface area contributed by atoms with E-state index in [1.807, 2.05) is 42.5 Å². The number of hydrogen-bond donors (Lipinski definition) is 3. The van der Waals surface area contributed by atoms with E-state index in [4.69, 9.17) is 9.47 Å². The van der Waals surface area contributed by atoms with Crippen LogP contribution in [0.25, 0.3) is 0 Å². The molecule has 1 aliphatic carbocycles. The van der Waals surface area contributed by atoms with Gasteiger partial charge in [0.15, 0.2) is 6.54 Å². The van der Waals surface area contributed by atoms with Crippen LogP contribution in [0.4, 0.5) is 5.69 Å². The van der Waals surface area contributed by atoms with Gasteiger partial charge in [0.1, 0.15) is 17.5 Å². The average Bonchev–Trinajstić information content (AvgIpc) is 2.79. The SMILES string of the molecule is COc1ccc(NC(=O)C[NH+]2CC[C@@]3(O)CCCC[C@@H]3[C@@H]2c2ccccc2OC)cc1. The lowest BCUT2D eigenvalue weighted by molar-refractivity contribution is -0.937. The molecule has 1 unspecified atom stereocenters. The predicted molar refractivity (Wildman–Crippen MR) is 120 cm³/mol. The topological polar surface area (TPSA) is 72.2 Å². The van der Waals surface area contributed by atoms with Crippen molar-refractivity contribution in [3.63, 3.8) is 0 Å². The largest absolute Gasteiger partial charge is 0.497 e. The lowest BCUT2D eigenvalue weighted by atomic mass is 9.66. The van der Waals surface area contributed by atoms with Crippen LogP contribution in [0.5, 0.6) is 11.5 Å². The molecule has 0 radical (unpaired) electrons. The first kappa shape index (κ1) is 21.7. The number of amides is 1. The van der Waals surface area contributed by atoms with Gasteiger partial charge in [-0.15, -0.1) is 0 Å². The highest BCUT2D eigenvalue weighted by atomic mass is 16.5. The molecule has 1 amide bonds. The fourth-order valence-electron chi connectivity index (χ4n) is 5.50. The second-order valence-electron chi connectivity index (χ2n) is 8.79. The molecule has 1 aliphatic heterocycles. The van der Waals surface area contributed by atoms with Crippen LogP contribution in [0.2, 0.25) is 0 Å². The highest BCUT2D eigenvalue weighted by molar-refractivity contribution is 5.91. The predicted octanol–water partition coefficient (Wildman–Crippen LogP) is 2.59. The molecule has 1 heterocycles. The lowest BCUT2D eigenvalue weighted by Crippen LogP contribution is -3.16. The van der Waals surface area contributed by atoms with E-state index >= 15 is 0 Å². The first-order chi connectivity index (χ1) is 15.0. The Morgan fingerprint density at radius 3 is 2.61 bits per heavy atom. The molecule has 3 N–H and O–H groups in total. The third-order valence-corrected chi connectivity index (χ3v) is 7.02. The van der Waals surface area contributed by atoms with Crippen molar-refractivity contribution >= 4 is 11.6 Å². The minimum Gasteiger partial charge on any atom is -0.497 e. The quantitative estimate of drug-likeness (QED) is 0.665. The highest BCUT2D eigenvalue weighted by Crippen LogP contribution is 2.45. The number of carbonyl (C=O) groups is 1. The summed E-state index contributed by atoms with van der Waals surface area (Å²) in [5.41, 5.74) is 1.19. The van der Waals surface area contributed by atoms with Gasteiger partial charge in [-0.3, -0.25) is 4.79 Å². The van der Waals surface area contributed by atoms with E-state index < -0.39 is 5.60 Å². The summed E-state index contributed by atoms with van der Waals surface area (Å²) in [7, 11) is 3.31. The van der Waals surface area contributed by atoms with Crippen LogP contribution in [0.3, 0.4) is 0 Å². The molecule has 2 aliphatic rings. The third kappa shape index (κ3) is 4.55. The van der Waals surface area contributed by atoms with Crippen molar-refractivity contribution in [3.05, 3.63) is 54.1 Å². The van der Waals surface area contributed by atoms with Gasteiger partial charge in [0, 0.05) is 18.0 Å². The van der Waals surface area contributed by atoms with Crippen molar-refractivity contribution in [1.29, 1.82) is 0 Å². The zero-order valence-corrected chi connectivity index (χ0v) is 18.4. The summed E-state index contributed by atoms with van der Waals surface area (Å²) in [6, 6.07) is 15.4. The van der Waals surface area contributed by atoms with Crippen LogP contribution in [-0.4, -0.2) is 43.9 Å². The third-order valence-electron chi connectivity index (χ3n) is 7.02. The minimum atomic E-state index is -0.653. The first-order valence-electron chi connectivity index (χ1n) is 11.2. The van der Waals surface area contributed by atoms with E-state index in [0.29, 0.717) is 6.54 Å². The molecule has 6 nitrogen and oxygen atoms in total. The maximum atomic E-state index is 12.9. The van der Waals surface area contributed by atoms with Gasteiger partial charge in [0.25, 0.3) is 5.91 Å². The van der Waals surface area contributed by atoms with Gasteiger partial charge in [0.2, 0.25) is 0 Å². The smallest absolute Gasteiger partial charge is 0.279 e. The number of para-hydroxylation sites is 1. The Morgan fingerprint density at radius 1 is 1.10 bits per heavy atom. The number of ether oxygens (including phenoxy) is 2. The molecule has 0 aromatic heterocycles. The van der Waals surface area contributed by atoms with Crippen LogP contribution in [-0.2, 0) is 4.79 Å². The maximum absolute atomic E-state index is 12.9. The summed E-state index contributed by atoms with van der Waals surface area (Å²) in [6.45, 7) is 1.10. The minimum absolute atomic E-state index is 0.0248. The monoisotopic (exact) mass is 425 g/mol. The molecular weight excluding hydrogens is 392 g/mol. The molecule has 2 aromatic carbocycles. The average molecular weight is 426 g/mol. The summed E-state index contributed by atoms with van der Waals surface area (Å²) in [5, 5.41) is 14.5. The molecule has 6 heteroatoms. The Bertz CT molecular complexity index is 901. The van der Waals surface area contributed by atoms with Gasteiger partial charge in [-0.25, -0.2) is 0 Å². The van der Waals surface area contributed by atoms with Crippen molar-refractivity contribution in [2.24, 2.45) is 5.92 Å². The highest BCUT2D eigenvalue weighted by Gasteiger charge is 2.52. The van der Waals surface area contributed by atoms with Gasteiger partial charge < -0.3 is 24.8 Å². The van der Waals surface area contributed by atoms with Crippen LogP contribution in [0.1, 0.15) is 43.7 Å². The number of anilines is 1. The fraction of sp³-hybridized carbons (Fsp3) is 0.480. The Labute approximate surface area is 184 Å². The summed E-state index contributed by atoms with van der Waals surface area (Å²) in [5.74, 6) is 1.68. The van der Waals surface area contributed by atoms with Gasteiger partial charge >= 0.3 is 0 Å². The van der Waals surface area contributed by atoms with Gasteiger partial charge in [0.05, 0.1) is 31.9 Å². The van der Waals surface area contributed by atoms with Crippen LogP contribution >= 0.6 is 0 Å². The number of piperidine rings is 1. The first-order valence-corrected chi connectivity index (χ1v) is 11.2. The van der Waals surface area contributed by atoms with E-state index in [9.17, 15) is 9.90 Å². The molecular formula is C25H33N2O4+. The van der Waals surface area contributed by atoms with Crippen LogP contribution < -0.4 is 19.7 Å². The summed E-state index contributed by atoms with van der Waals surface area (Å²) < 4.78 is 10.9. The zero-order chi connectivity index (χ0) is 21.8. The zero-order valence-electron chi connectivity index (χ0n) is 18.4. The molecule has 31 heavy (non-hydrogen) atoms. The number of carbonyl (C=O) groups excluding carboxylic acids is 1. The van der Waals surface area contributed by atoms with Crippen molar-refractivity contribution < 1.29 is 24.3 Å². The molecule has 4 rings (SSSR count). The summed E-state index contributed by atoms with van der Waals surface area (Å²) >= 11 is 0. The van der Waals surface area contributed by atoms with Crippen molar-refractivity contribution in [2.45, 2.75) is 43.7 Å². The van der Waals surface area contributed by atoms with E-state index in [1.165, 1.54) is 4.90 Å². The molecule has 0 bridgehead atoms. The van der Waals surface area contributed by atoms with Gasteiger partial charge in [-0.05, 0) is 49.2 Å². The maximum Gasteiger partial charge on any atom is 0.279 e. The number of hydrogen-bond acceptors (Lipinski definition) is 4. The molecule has 1 saturated heterocycles. The number of quaternary nitrogens is 1. The van der Waals surface area contributed by atoms with E-state index in [2.05, 4.69) is 11.4 Å². The number of likely N-dealkylation sites (tertiary alicyclic amines) is 1. The number of benzene rings is 2. The summed E-state index contributed by atoms with van der Waals surface area (Å²) in [4.78, 5) is 14.1. The number of aliphatic hydroxyl groups is 1. The van der Waals surface area contributed by atoms with E-state index in [0.717, 1.165) is 61.4 Å².